The van der Waals surface area contributed by atoms with Crippen LogP contribution < -0.4 is 5.32 Å². The molecule has 0 saturated heterocycles. The molecule has 3 heteroatoms. The van der Waals surface area contributed by atoms with Crippen LogP contribution in [0.2, 0.25) is 5.02 Å². The SMILES string of the molecule is CCCCCCCC(C)Nc1cnccc1Cl. The maximum Gasteiger partial charge on any atom is 0.0718 e. The number of unbranched alkanes of at least 4 members (excludes halogenated alkanes) is 4. The lowest BCUT2D eigenvalue weighted by Crippen LogP contribution is -2.15. The molecule has 1 N–H and O–H groups in total. The Balaban J connectivity index is 2.21. The van der Waals surface area contributed by atoms with Gasteiger partial charge in [0.15, 0.2) is 0 Å². The van der Waals surface area contributed by atoms with Crippen LogP contribution in [0.1, 0.15) is 52.4 Å². The van der Waals surface area contributed by atoms with E-state index >= 15 is 0 Å². The van der Waals surface area contributed by atoms with Gasteiger partial charge in [0.2, 0.25) is 0 Å². The Kier molecular flexibility index (Phi) is 7.02. The molecule has 0 aliphatic carbocycles. The van der Waals surface area contributed by atoms with E-state index in [0.717, 1.165) is 10.7 Å². The van der Waals surface area contributed by atoms with Crippen LogP contribution in [0.4, 0.5) is 5.69 Å². The average molecular weight is 255 g/mol. The van der Waals surface area contributed by atoms with Crippen LogP contribution in [0.15, 0.2) is 18.5 Å². The highest BCUT2D eigenvalue weighted by molar-refractivity contribution is 6.33. The van der Waals surface area contributed by atoms with E-state index in [1.165, 1.54) is 38.5 Å². The lowest BCUT2D eigenvalue weighted by Gasteiger charge is -2.15. The second-order valence-corrected chi connectivity index (χ2v) is 5.01. The lowest BCUT2D eigenvalue weighted by molar-refractivity contribution is 0.578. The zero-order chi connectivity index (χ0) is 12.5. The number of halogens is 1. The molecule has 0 aromatic carbocycles. The van der Waals surface area contributed by atoms with Gasteiger partial charge >= 0.3 is 0 Å². The van der Waals surface area contributed by atoms with Gasteiger partial charge in [-0.1, -0.05) is 50.6 Å². The van der Waals surface area contributed by atoms with E-state index in [9.17, 15) is 0 Å². The van der Waals surface area contributed by atoms with E-state index in [0.29, 0.717) is 6.04 Å². The molecule has 1 aromatic heterocycles. The third-order valence-electron chi connectivity index (χ3n) is 2.91. The molecule has 0 radical (unpaired) electrons. The molecule has 1 atom stereocenters. The largest absolute Gasteiger partial charge is 0.380 e. The van der Waals surface area contributed by atoms with Crippen molar-refractivity contribution in [1.82, 2.24) is 4.98 Å². The number of nitrogens with one attached hydrogen (secondary N) is 1. The summed E-state index contributed by atoms with van der Waals surface area (Å²) in [5.41, 5.74) is 0.940. The molecular formula is C14H23ClN2. The Morgan fingerprint density at radius 1 is 1.29 bits per heavy atom. The Bertz CT molecular complexity index is 315. The highest BCUT2D eigenvalue weighted by atomic mass is 35.5. The van der Waals surface area contributed by atoms with Gasteiger partial charge in [-0.2, -0.15) is 0 Å². The molecule has 0 aliphatic rings. The Labute approximate surface area is 110 Å². The van der Waals surface area contributed by atoms with Crippen molar-refractivity contribution in [2.24, 2.45) is 0 Å². The van der Waals surface area contributed by atoms with Gasteiger partial charge in [-0.15, -0.1) is 0 Å². The topological polar surface area (TPSA) is 24.9 Å². The first-order valence-electron chi connectivity index (χ1n) is 6.60. The normalized spacial score (nSPS) is 12.4. The fraction of sp³-hybridized carbons (Fsp3) is 0.643. The molecule has 1 unspecified atom stereocenters. The van der Waals surface area contributed by atoms with Gasteiger partial charge in [-0.05, 0) is 19.4 Å². The van der Waals surface area contributed by atoms with Crippen LogP contribution in [0, 0.1) is 0 Å². The number of anilines is 1. The van der Waals surface area contributed by atoms with Crippen LogP contribution in [0.5, 0.6) is 0 Å². The Morgan fingerprint density at radius 3 is 2.76 bits per heavy atom. The summed E-state index contributed by atoms with van der Waals surface area (Å²) < 4.78 is 0. The first-order chi connectivity index (χ1) is 8.24. The monoisotopic (exact) mass is 254 g/mol. The zero-order valence-corrected chi connectivity index (χ0v) is 11.6. The fourth-order valence-corrected chi connectivity index (χ4v) is 2.04. The maximum absolute atomic E-state index is 6.07. The van der Waals surface area contributed by atoms with Gasteiger partial charge < -0.3 is 5.32 Å². The third-order valence-corrected chi connectivity index (χ3v) is 3.24. The minimum Gasteiger partial charge on any atom is -0.380 e. The summed E-state index contributed by atoms with van der Waals surface area (Å²) in [5.74, 6) is 0. The minimum atomic E-state index is 0.457. The molecule has 0 aliphatic heterocycles. The van der Waals surface area contributed by atoms with Crippen molar-refractivity contribution in [3.63, 3.8) is 0 Å². The van der Waals surface area contributed by atoms with Crippen LogP contribution in [-0.2, 0) is 0 Å². The first kappa shape index (κ1) is 14.3. The van der Waals surface area contributed by atoms with Crippen molar-refractivity contribution in [3.05, 3.63) is 23.5 Å². The van der Waals surface area contributed by atoms with Crippen molar-refractivity contribution in [3.8, 4) is 0 Å². The van der Waals surface area contributed by atoms with E-state index in [1.807, 2.05) is 6.07 Å². The number of rotatable bonds is 8. The smallest absolute Gasteiger partial charge is 0.0718 e. The van der Waals surface area contributed by atoms with Gasteiger partial charge in [0.1, 0.15) is 0 Å². The molecule has 0 amide bonds. The molecular weight excluding hydrogens is 232 g/mol. The molecule has 0 spiro atoms. The average Bonchev–Trinajstić information content (AvgIpc) is 2.32. The van der Waals surface area contributed by atoms with Crippen molar-refractivity contribution in [1.29, 1.82) is 0 Å². The summed E-state index contributed by atoms with van der Waals surface area (Å²) in [6.07, 6.45) is 11.3. The summed E-state index contributed by atoms with van der Waals surface area (Å²) in [6, 6.07) is 2.27. The second kappa shape index (κ2) is 8.35. The molecule has 0 bridgehead atoms. The Hall–Kier alpha value is -0.760. The molecule has 0 fully saturated rings. The highest BCUT2D eigenvalue weighted by Crippen LogP contribution is 2.21. The highest BCUT2D eigenvalue weighted by Gasteiger charge is 2.04. The minimum absolute atomic E-state index is 0.457. The summed E-state index contributed by atoms with van der Waals surface area (Å²) in [7, 11) is 0. The molecule has 17 heavy (non-hydrogen) atoms. The first-order valence-corrected chi connectivity index (χ1v) is 6.98. The van der Waals surface area contributed by atoms with Crippen LogP contribution >= 0.6 is 11.6 Å². The number of hydrogen-bond acceptors (Lipinski definition) is 2. The van der Waals surface area contributed by atoms with Crippen molar-refractivity contribution in [2.75, 3.05) is 5.32 Å². The number of aromatic nitrogens is 1. The second-order valence-electron chi connectivity index (χ2n) is 4.60. The van der Waals surface area contributed by atoms with E-state index in [2.05, 4.69) is 24.1 Å². The van der Waals surface area contributed by atoms with Crippen LogP contribution in [0.3, 0.4) is 0 Å². The maximum atomic E-state index is 6.07. The summed E-state index contributed by atoms with van der Waals surface area (Å²) >= 11 is 6.07. The number of pyridine rings is 1. The van der Waals surface area contributed by atoms with Crippen LogP contribution in [-0.4, -0.2) is 11.0 Å². The molecule has 1 heterocycles. The van der Waals surface area contributed by atoms with Gasteiger partial charge in [-0.3, -0.25) is 4.98 Å². The summed E-state index contributed by atoms with van der Waals surface area (Å²) in [4.78, 5) is 4.07. The predicted octanol–water partition coefficient (Wildman–Crippen LogP) is 4.90. The number of hydrogen-bond donors (Lipinski definition) is 1. The third kappa shape index (κ3) is 5.92. The van der Waals surface area contributed by atoms with Crippen molar-refractivity contribution >= 4 is 17.3 Å². The zero-order valence-electron chi connectivity index (χ0n) is 10.9. The van der Waals surface area contributed by atoms with Gasteiger partial charge in [0.05, 0.1) is 16.9 Å². The quantitative estimate of drug-likeness (QED) is 0.668. The van der Waals surface area contributed by atoms with Crippen LogP contribution in [0.25, 0.3) is 0 Å². The predicted molar refractivity (Wildman–Crippen MR) is 75.7 cm³/mol. The van der Waals surface area contributed by atoms with Gasteiger partial charge in [-0.25, -0.2) is 0 Å². The van der Waals surface area contributed by atoms with Gasteiger partial charge in [0.25, 0.3) is 0 Å². The van der Waals surface area contributed by atoms with Gasteiger partial charge in [0, 0.05) is 12.2 Å². The van der Waals surface area contributed by atoms with Crippen molar-refractivity contribution in [2.45, 2.75) is 58.4 Å². The van der Waals surface area contributed by atoms with E-state index in [1.54, 1.807) is 12.4 Å². The molecule has 2 nitrogen and oxygen atoms in total. The standard InChI is InChI=1S/C14H23ClN2/c1-3-4-5-6-7-8-12(2)17-14-11-16-10-9-13(14)15/h9-12,17H,3-8H2,1-2H3. The molecule has 0 saturated carbocycles. The fourth-order valence-electron chi connectivity index (χ4n) is 1.88. The van der Waals surface area contributed by atoms with E-state index < -0.39 is 0 Å². The molecule has 1 rings (SSSR count). The van der Waals surface area contributed by atoms with Crippen molar-refractivity contribution < 1.29 is 0 Å². The molecule has 1 aromatic rings. The lowest BCUT2D eigenvalue weighted by atomic mass is 10.1. The van der Waals surface area contributed by atoms with E-state index in [-0.39, 0.29) is 0 Å². The molecule has 96 valence electrons. The number of nitrogens with zero attached hydrogens (tertiary/aromatic N) is 1. The van der Waals surface area contributed by atoms with E-state index in [4.69, 9.17) is 11.6 Å². The Morgan fingerprint density at radius 2 is 2.06 bits per heavy atom. The summed E-state index contributed by atoms with van der Waals surface area (Å²) in [5, 5.41) is 4.15. The summed E-state index contributed by atoms with van der Waals surface area (Å²) in [6.45, 7) is 4.44.